The molecule has 0 aromatic carbocycles. The zero-order valence-corrected chi connectivity index (χ0v) is 12.5. The summed E-state index contributed by atoms with van der Waals surface area (Å²) in [5.74, 6) is 0. The zero-order chi connectivity index (χ0) is 14.2. The Balaban J connectivity index is 4.24. The summed E-state index contributed by atoms with van der Waals surface area (Å²) in [5.41, 5.74) is 5.05. The highest BCUT2D eigenvalue weighted by Gasteiger charge is 2.21. The van der Waals surface area contributed by atoms with E-state index in [2.05, 4.69) is 4.90 Å². The van der Waals surface area contributed by atoms with Crippen molar-refractivity contribution in [1.82, 2.24) is 9.80 Å². The van der Waals surface area contributed by atoms with Crippen LogP contribution >= 0.6 is 0 Å². The average molecular weight is 259 g/mol. The van der Waals surface area contributed by atoms with Crippen LogP contribution in [0.25, 0.3) is 0 Å². The van der Waals surface area contributed by atoms with E-state index in [9.17, 15) is 4.79 Å². The molecule has 0 heterocycles. The Hall–Kier alpha value is -0.810. The van der Waals surface area contributed by atoms with Crippen molar-refractivity contribution in [2.24, 2.45) is 5.73 Å². The zero-order valence-electron chi connectivity index (χ0n) is 12.5. The van der Waals surface area contributed by atoms with Crippen LogP contribution in [0.3, 0.4) is 0 Å². The van der Waals surface area contributed by atoms with Crippen LogP contribution in [0.4, 0.5) is 4.79 Å². The summed E-state index contributed by atoms with van der Waals surface area (Å²) >= 11 is 0. The van der Waals surface area contributed by atoms with Gasteiger partial charge in [-0.2, -0.15) is 0 Å². The third-order valence-electron chi connectivity index (χ3n) is 2.32. The average Bonchev–Trinajstić information content (AvgIpc) is 2.19. The summed E-state index contributed by atoms with van der Waals surface area (Å²) in [6.45, 7) is 8.57. The Kier molecular flexibility index (Phi) is 7.95. The van der Waals surface area contributed by atoms with Crippen LogP contribution in [0, 0.1) is 0 Å². The van der Waals surface area contributed by atoms with E-state index >= 15 is 0 Å². The van der Waals surface area contributed by atoms with Crippen molar-refractivity contribution in [2.75, 3.05) is 40.3 Å². The van der Waals surface area contributed by atoms with E-state index in [0.717, 1.165) is 19.4 Å². The first-order valence-corrected chi connectivity index (χ1v) is 6.59. The van der Waals surface area contributed by atoms with Gasteiger partial charge in [0.05, 0.1) is 0 Å². The maximum Gasteiger partial charge on any atom is 0.410 e. The second-order valence-electron chi connectivity index (χ2n) is 5.77. The van der Waals surface area contributed by atoms with Crippen molar-refractivity contribution >= 4 is 6.09 Å². The summed E-state index contributed by atoms with van der Waals surface area (Å²) in [4.78, 5) is 15.8. The van der Waals surface area contributed by atoms with Crippen LogP contribution < -0.4 is 5.73 Å². The highest BCUT2D eigenvalue weighted by atomic mass is 16.6. The van der Waals surface area contributed by atoms with Gasteiger partial charge in [0, 0.05) is 13.1 Å². The Bertz CT molecular complexity index is 237. The molecule has 0 rings (SSSR count). The molecule has 0 aliphatic heterocycles. The lowest BCUT2D eigenvalue weighted by Crippen LogP contribution is -2.39. The van der Waals surface area contributed by atoms with Crippen LogP contribution in [0.1, 0.15) is 33.6 Å². The van der Waals surface area contributed by atoms with Crippen LogP contribution in [-0.2, 0) is 4.74 Å². The van der Waals surface area contributed by atoms with Gasteiger partial charge in [-0.25, -0.2) is 4.79 Å². The Morgan fingerprint density at radius 3 is 2.11 bits per heavy atom. The molecular weight excluding hydrogens is 230 g/mol. The van der Waals surface area contributed by atoms with Gasteiger partial charge in [0.25, 0.3) is 0 Å². The largest absolute Gasteiger partial charge is 0.444 e. The molecule has 5 nitrogen and oxygen atoms in total. The predicted molar refractivity (Wildman–Crippen MR) is 74.6 cm³/mol. The molecule has 2 N–H and O–H groups in total. The van der Waals surface area contributed by atoms with E-state index in [1.54, 1.807) is 4.90 Å². The van der Waals surface area contributed by atoms with Crippen LogP contribution in [0.15, 0.2) is 0 Å². The fourth-order valence-corrected chi connectivity index (χ4v) is 1.48. The van der Waals surface area contributed by atoms with E-state index < -0.39 is 5.60 Å². The Morgan fingerprint density at radius 2 is 1.67 bits per heavy atom. The minimum Gasteiger partial charge on any atom is -0.444 e. The number of nitrogens with two attached hydrogens (primary N) is 1. The van der Waals surface area contributed by atoms with Gasteiger partial charge in [-0.05, 0) is 60.8 Å². The number of carbonyl (C=O) groups is 1. The van der Waals surface area contributed by atoms with Gasteiger partial charge in [0.1, 0.15) is 5.60 Å². The van der Waals surface area contributed by atoms with Gasteiger partial charge < -0.3 is 20.3 Å². The van der Waals surface area contributed by atoms with Crippen molar-refractivity contribution in [1.29, 1.82) is 0 Å². The second kappa shape index (κ2) is 8.32. The highest BCUT2D eigenvalue weighted by Crippen LogP contribution is 2.10. The third-order valence-corrected chi connectivity index (χ3v) is 2.32. The number of amides is 1. The highest BCUT2D eigenvalue weighted by molar-refractivity contribution is 5.68. The molecule has 0 saturated heterocycles. The Labute approximate surface area is 111 Å². The summed E-state index contributed by atoms with van der Waals surface area (Å²) in [6.07, 6.45) is 1.51. The number of nitrogens with zero attached hydrogens (tertiary/aromatic N) is 2. The molecule has 0 atom stereocenters. The first-order valence-electron chi connectivity index (χ1n) is 6.59. The third kappa shape index (κ3) is 9.24. The molecule has 18 heavy (non-hydrogen) atoms. The summed E-state index contributed by atoms with van der Waals surface area (Å²) < 4.78 is 5.39. The van der Waals surface area contributed by atoms with Gasteiger partial charge in [-0.1, -0.05) is 0 Å². The molecule has 0 spiro atoms. The lowest BCUT2D eigenvalue weighted by molar-refractivity contribution is 0.0244. The van der Waals surface area contributed by atoms with Crippen LogP contribution in [0.5, 0.6) is 0 Å². The molecular formula is C13H29N3O2. The lowest BCUT2D eigenvalue weighted by Gasteiger charge is -2.27. The minimum atomic E-state index is -0.445. The van der Waals surface area contributed by atoms with Crippen molar-refractivity contribution < 1.29 is 9.53 Å². The first kappa shape index (κ1) is 17.2. The normalized spacial score (nSPS) is 11.7. The number of carbonyl (C=O) groups excluding carboxylic acids is 1. The fourth-order valence-electron chi connectivity index (χ4n) is 1.48. The van der Waals surface area contributed by atoms with Crippen LogP contribution in [-0.4, -0.2) is 61.8 Å². The maximum absolute atomic E-state index is 12.0. The molecule has 0 aliphatic rings. The van der Waals surface area contributed by atoms with E-state index in [-0.39, 0.29) is 6.09 Å². The SMILES string of the molecule is CN(C)CCCN(CCCN)C(=O)OC(C)(C)C. The van der Waals surface area contributed by atoms with E-state index in [1.165, 1.54) is 0 Å². The molecule has 5 heteroatoms. The van der Waals surface area contributed by atoms with Crippen molar-refractivity contribution in [3.63, 3.8) is 0 Å². The van der Waals surface area contributed by atoms with E-state index in [4.69, 9.17) is 10.5 Å². The quantitative estimate of drug-likeness (QED) is 0.753. The first-order chi connectivity index (χ1) is 8.26. The number of ether oxygens (including phenoxy) is 1. The molecule has 108 valence electrons. The number of hydrogen-bond acceptors (Lipinski definition) is 4. The van der Waals surface area contributed by atoms with Crippen LogP contribution in [0.2, 0.25) is 0 Å². The predicted octanol–water partition coefficient (Wildman–Crippen LogP) is 1.52. The van der Waals surface area contributed by atoms with Gasteiger partial charge in [0.2, 0.25) is 0 Å². The van der Waals surface area contributed by atoms with Gasteiger partial charge in [0.15, 0.2) is 0 Å². The van der Waals surface area contributed by atoms with Crippen molar-refractivity contribution in [3.8, 4) is 0 Å². The van der Waals surface area contributed by atoms with Crippen molar-refractivity contribution in [3.05, 3.63) is 0 Å². The molecule has 0 aliphatic carbocycles. The Morgan fingerprint density at radius 1 is 1.11 bits per heavy atom. The van der Waals surface area contributed by atoms with Gasteiger partial charge in [-0.15, -0.1) is 0 Å². The molecule has 0 bridgehead atoms. The maximum atomic E-state index is 12.0. The minimum absolute atomic E-state index is 0.241. The molecule has 0 fully saturated rings. The molecule has 0 aromatic rings. The molecule has 0 unspecified atom stereocenters. The lowest BCUT2D eigenvalue weighted by atomic mass is 10.2. The summed E-state index contributed by atoms with van der Waals surface area (Å²) in [7, 11) is 4.05. The number of rotatable bonds is 7. The van der Waals surface area contributed by atoms with Gasteiger partial charge >= 0.3 is 6.09 Å². The van der Waals surface area contributed by atoms with Gasteiger partial charge in [-0.3, -0.25) is 0 Å². The molecule has 1 amide bonds. The topological polar surface area (TPSA) is 58.8 Å². The smallest absolute Gasteiger partial charge is 0.410 e. The monoisotopic (exact) mass is 259 g/mol. The van der Waals surface area contributed by atoms with Crippen molar-refractivity contribution in [2.45, 2.75) is 39.2 Å². The molecule has 0 aromatic heterocycles. The molecule has 0 saturated carbocycles. The van der Waals surface area contributed by atoms with E-state index in [1.807, 2.05) is 34.9 Å². The summed E-state index contributed by atoms with van der Waals surface area (Å²) in [5, 5.41) is 0. The second-order valence-corrected chi connectivity index (χ2v) is 5.77. The fraction of sp³-hybridized carbons (Fsp3) is 0.923. The standard InChI is InChI=1S/C13H29N3O2/c1-13(2,3)18-12(17)16(10-6-8-14)11-7-9-15(4)5/h6-11,14H2,1-5H3. The summed E-state index contributed by atoms with van der Waals surface area (Å²) in [6, 6.07) is 0. The van der Waals surface area contributed by atoms with E-state index in [0.29, 0.717) is 19.6 Å². The number of hydrogen-bond donors (Lipinski definition) is 1. The molecule has 0 radical (unpaired) electrons.